The average Bonchev–Trinajstić information content (AvgIpc) is 3.02. The summed E-state index contributed by atoms with van der Waals surface area (Å²) in [5.74, 6) is 0.206. The molecule has 0 unspecified atom stereocenters. The van der Waals surface area contributed by atoms with Crippen molar-refractivity contribution in [2.45, 2.75) is 12.1 Å². The lowest BCUT2D eigenvalue weighted by atomic mass is 10.2. The smallest absolute Gasteiger partial charge is 0.234 e. The number of anilines is 1. The van der Waals surface area contributed by atoms with Crippen molar-refractivity contribution < 1.29 is 4.79 Å². The Kier molecular flexibility index (Phi) is 5.52. The molecule has 1 aromatic heterocycles. The van der Waals surface area contributed by atoms with Gasteiger partial charge >= 0.3 is 0 Å². The fraction of sp³-hybridized carbons (Fsp3) is 0.118. The summed E-state index contributed by atoms with van der Waals surface area (Å²) < 4.78 is 2.98. The van der Waals surface area contributed by atoms with E-state index in [4.69, 9.17) is 0 Å². The molecule has 1 amide bonds. The summed E-state index contributed by atoms with van der Waals surface area (Å²) in [6, 6.07) is 15.7. The minimum absolute atomic E-state index is 0.0682. The molecule has 24 heavy (non-hydrogen) atoms. The Morgan fingerprint density at radius 2 is 2.08 bits per heavy atom. The zero-order valence-electron chi connectivity index (χ0n) is 12.9. The summed E-state index contributed by atoms with van der Waals surface area (Å²) in [7, 11) is 0. The van der Waals surface area contributed by atoms with E-state index in [0.29, 0.717) is 5.16 Å². The van der Waals surface area contributed by atoms with Crippen LogP contribution < -0.4 is 5.32 Å². The molecule has 0 aliphatic rings. The second-order valence-electron chi connectivity index (χ2n) is 5.12. The van der Waals surface area contributed by atoms with Crippen molar-refractivity contribution in [3.05, 3.63) is 64.0 Å². The molecule has 0 bridgehead atoms. The Morgan fingerprint density at radius 3 is 2.88 bits per heavy atom. The first kappa shape index (κ1) is 17.0. The molecular formula is C17H15IN4OS. The molecule has 2 aromatic carbocycles. The van der Waals surface area contributed by atoms with Crippen LogP contribution in [0.5, 0.6) is 0 Å². The third-order valence-corrected chi connectivity index (χ3v) is 4.95. The Bertz CT molecular complexity index is 865. The lowest BCUT2D eigenvalue weighted by Gasteiger charge is -2.09. The molecule has 3 rings (SSSR count). The molecule has 0 saturated carbocycles. The first-order valence-electron chi connectivity index (χ1n) is 7.28. The van der Waals surface area contributed by atoms with Gasteiger partial charge in [0.1, 0.15) is 6.33 Å². The maximum Gasteiger partial charge on any atom is 0.234 e. The van der Waals surface area contributed by atoms with Crippen molar-refractivity contribution in [3.8, 4) is 5.69 Å². The van der Waals surface area contributed by atoms with Crippen LogP contribution in [-0.4, -0.2) is 26.4 Å². The lowest BCUT2D eigenvalue weighted by Crippen LogP contribution is -2.14. The van der Waals surface area contributed by atoms with Crippen LogP contribution in [0.2, 0.25) is 0 Å². The van der Waals surface area contributed by atoms with Crippen molar-refractivity contribution in [1.29, 1.82) is 0 Å². The van der Waals surface area contributed by atoms with Gasteiger partial charge in [-0.3, -0.25) is 9.36 Å². The number of carbonyl (C=O) groups is 1. The van der Waals surface area contributed by atoms with Gasteiger partial charge in [0.25, 0.3) is 0 Å². The Labute approximate surface area is 158 Å². The summed E-state index contributed by atoms with van der Waals surface area (Å²) in [5.41, 5.74) is 2.94. The molecule has 0 atom stereocenters. The predicted molar refractivity (Wildman–Crippen MR) is 105 cm³/mol. The molecule has 0 aliphatic heterocycles. The van der Waals surface area contributed by atoms with Gasteiger partial charge in [-0.05, 0) is 59.3 Å². The van der Waals surface area contributed by atoms with Gasteiger partial charge in [-0.15, -0.1) is 10.2 Å². The van der Waals surface area contributed by atoms with Gasteiger partial charge in [0, 0.05) is 9.26 Å². The van der Waals surface area contributed by atoms with Gasteiger partial charge in [-0.2, -0.15) is 0 Å². The van der Waals surface area contributed by atoms with Crippen molar-refractivity contribution >= 4 is 45.9 Å². The zero-order valence-corrected chi connectivity index (χ0v) is 15.9. The monoisotopic (exact) mass is 450 g/mol. The van der Waals surface area contributed by atoms with Gasteiger partial charge in [0.05, 0.1) is 11.4 Å². The third-order valence-electron chi connectivity index (χ3n) is 3.33. The second kappa shape index (κ2) is 7.80. The second-order valence-corrected chi connectivity index (χ2v) is 7.31. The van der Waals surface area contributed by atoms with Crippen molar-refractivity contribution in [2.75, 3.05) is 11.1 Å². The number of aromatic nitrogens is 3. The molecule has 7 heteroatoms. The van der Waals surface area contributed by atoms with Crippen LogP contribution in [0.3, 0.4) is 0 Å². The number of benzene rings is 2. The lowest BCUT2D eigenvalue weighted by molar-refractivity contribution is -0.113. The van der Waals surface area contributed by atoms with Crippen LogP contribution >= 0.6 is 34.4 Å². The Balaban J connectivity index is 1.67. The highest BCUT2D eigenvalue weighted by Crippen LogP contribution is 2.22. The van der Waals surface area contributed by atoms with E-state index in [1.54, 1.807) is 6.33 Å². The maximum atomic E-state index is 12.1. The first-order valence-corrected chi connectivity index (χ1v) is 9.34. The molecular weight excluding hydrogens is 435 g/mol. The molecule has 3 aromatic rings. The number of nitrogens with zero attached hydrogens (tertiary/aromatic N) is 3. The SMILES string of the molecule is Cc1ccccc1-n1cnnc1SCC(=O)Nc1cccc(I)c1. The number of hydrogen-bond acceptors (Lipinski definition) is 4. The molecule has 0 saturated heterocycles. The number of thioether (sulfide) groups is 1. The summed E-state index contributed by atoms with van der Waals surface area (Å²) in [6.07, 6.45) is 1.67. The molecule has 1 N–H and O–H groups in total. The molecule has 1 heterocycles. The van der Waals surface area contributed by atoms with E-state index in [9.17, 15) is 4.79 Å². The molecule has 122 valence electrons. The number of nitrogens with one attached hydrogen (secondary N) is 1. The number of carbonyl (C=O) groups excluding carboxylic acids is 1. The first-order chi connectivity index (χ1) is 11.6. The van der Waals surface area contributed by atoms with E-state index in [-0.39, 0.29) is 11.7 Å². The van der Waals surface area contributed by atoms with Gasteiger partial charge in [-0.25, -0.2) is 0 Å². The van der Waals surface area contributed by atoms with E-state index in [2.05, 4.69) is 38.1 Å². The fourth-order valence-corrected chi connectivity index (χ4v) is 3.48. The minimum Gasteiger partial charge on any atom is -0.325 e. The zero-order chi connectivity index (χ0) is 16.9. The summed E-state index contributed by atoms with van der Waals surface area (Å²) in [4.78, 5) is 12.1. The van der Waals surface area contributed by atoms with Crippen LogP contribution in [0.4, 0.5) is 5.69 Å². The highest BCUT2D eigenvalue weighted by molar-refractivity contribution is 14.1. The minimum atomic E-state index is -0.0682. The molecule has 0 radical (unpaired) electrons. The Morgan fingerprint density at radius 1 is 1.25 bits per heavy atom. The predicted octanol–water partition coefficient (Wildman–Crippen LogP) is 3.91. The number of para-hydroxylation sites is 1. The van der Waals surface area contributed by atoms with E-state index in [1.165, 1.54) is 11.8 Å². The van der Waals surface area contributed by atoms with Crippen LogP contribution in [0, 0.1) is 10.5 Å². The summed E-state index contributed by atoms with van der Waals surface area (Å²) in [5, 5.41) is 11.7. The van der Waals surface area contributed by atoms with Crippen LogP contribution in [-0.2, 0) is 4.79 Å². The highest BCUT2D eigenvalue weighted by Gasteiger charge is 2.11. The van der Waals surface area contributed by atoms with E-state index >= 15 is 0 Å². The van der Waals surface area contributed by atoms with Crippen molar-refractivity contribution in [1.82, 2.24) is 14.8 Å². The average molecular weight is 450 g/mol. The van der Waals surface area contributed by atoms with Gasteiger partial charge < -0.3 is 5.32 Å². The fourth-order valence-electron chi connectivity index (χ4n) is 2.22. The number of aryl methyl sites for hydroxylation is 1. The van der Waals surface area contributed by atoms with Gasteiger partial charge in [-0.1, -0.05) is 36.0 Å². The van der Waals surface area contributed by atoms with E-state index < -0.39 is 0 Å². The Hall–Kier alpha value is -1.87. The topological polar surface area (TPSA) is 59.8 Å². The third kappa shape index (κ3) is 4.15. The van der Waals surface area contributed by atoms with Crippen molar-refractivity contribution in [2.24, 2.45) is 0 Å². The summed E-state index contributed by atoms with van der Waals surface area (Å²) in [6.45, 7) is 2.04. The molecule has 5 nitrogen and oxygen atoms in total. The van der Waals surface area contributed by atoms with Crippen LogP contribution in [0.1, 0.15) is 5.56 Å². The van der Waals surface area contributed by atoms with E-state index in [0.717, 1.165) is 20.5 Å². The summed E-state index contributed by atoms with van der Waals surface area (Å²) >= 11 is 3.58. The number of halogens is 1. The molecule has 0 spiro atoms. The van der Waals surface area contributed by atoms with Crippen LogP contribution in [0.15, 0.2) is 60.0 Å². The normalized spacial score (nSPS) is 10.6. The number of rotatable bonds is 5. The quantitative estimate of drug-likeness (QED) is 0.473. The van der Waals surface area contributed by atoms with Crippen molar-refractivity contribution in [3.63, 3.8) is 0 Å². The highest BCUT2D eigenvalue weighted by atomic mass is 127. The number of hydrogen-bond donors (Lipinski definition) is 1. The maximum absolute atomic E-state index is 12.1. The molecule has 0 fully saturated rings. The number of amides is 1. The van der Waals surface area contributed by atoms with Crippen LogP contribution in [0.25, 0.3) is 5.69 Å². The largest absolute Gasteiger partial charge is 0.325 e. The molecule has 0 aliphatic carbocycles. The van der Waals surface area contributed by atoms with Gasteiger partial charge in [0.2, 0.25) is 5.91 Å². The standard InChI is InChI=1S/C17H15IN4OS/c1-12-5-2-3-8-15(12)22-11-19-21-17(22)24-10-16(23)20-14-7-4-6-13(18)9-14/h2-9,11H,10H2,1H3,(H,20,23). The van der Waals surface area contributed by atoms with E-state index in [1.807, 2.05) is 60.0 Å². The van der Waals surface area contributed by atoms with Gasteiger partial charge in [0.15, 0.2) is 5.16 Å².